The lowest BCUT2D eigenvalue weighted by Gasteiger charge is -2.24. The third kappa shape index (κ3) is 4.46. The number of carbonyl (C=O) groups is 1. The Kier molecular flexibility index (Phi) is 6.56. The summed E-state index contributed by atoms with van der Waals surface area (Å²) in [5.41, 5.74) is 3.29. The summed E-state index contributed by atoms with van der Waals surface area (Å²) in [5, 5.41) is 3.44. The van der Waals surface area contributed by atoms with Gasteiger partial charge in [0.05, 0.1) is 19.8 Å². The quantitative estimate of drug-likeness (QED) is 0.455. The van der Waals surface area contributed by atoms with Gasteiger partial charge < -0.3 is 19.1 Å². The Morgan fingerprint density at radius 2 is 2.06 bits per heavy atom. The predicted molar refractivity (Wildman–Crippen MR) is 132 cm³/mol. The van der Waals surface area contributed by atoms with Gasteiger partial charge in [-0.25, -0.2) is 0 Å². The number of ether oxygens (including phenoxy) is 3. The normalized spacial score (nSPS) is 18.3. The molecule has 5 nitrogen and oxygen atoms in total. The van der Waals surface area contributed by atoms with Gasteiger partial charge in [0.1, 0.15) is 12.7 Å². The van der Waals surface area contributed by atoms with Crippen molar-refractivity contribution < 1.29 is 19.0 Å². The molecule has 2 aliphatic rings. The molecule has 33 heavy (non-hydrogen) atoms. The summed E-state index contributed by atoms with van der Waals surface area (Å²) in [5.74, 6) is 1.80. The van der Waals surface area contributed by atoms with Crippen molar-refractivity contribution in [2.75, 3.05) is 26.4 Å². The van der Waals surface area contributed by atoms with E-state index < -0.39 is 0 Å². The van der Waals surface area contributed by atoms with Crippen molar-refractivity contribution in [3.05, 3.63) is 47.3 Å². The SMILES string of the molecule is CCC(CC)C(=O)N1CCOc2c(cc(-c3csc4ccccc34)cc2OC2CCOC2)C1. The van der Waals surface area contributed by atoms with Crippen LogP contribution in [0.1, 0.15) is 38.7 Å². The summed E-state index contributed by atoms with van der Waals surface area (Å²) >= 11 is 1.75. The zero-order valence-electron chi connectivity index (χ0n) is 19.3. The van der Waals surface area contributed by atoms with Gasteiger partial charge in [-0.3, -0.25) is 4.79 Å². The fourth-order valence-corrected chi connectivity index (χ4v) is 5.77. The first kappa shape index (κ1) is 22.2. The van der Waals surface area contributed by atoms with Crippen LogP contribution < -0.4 is 9.47 Å². The molecule has 1 aromatic heterocycles. The van der Waals surface area contributed by atoms with E-state index in [2.05, 4.69) is 55.6 Å². The van der Waals surface area contributed by atoms with Gasteiger partial charge in [-0.05, 0) is 42.0 Å². The molecule has 1 unspecified atom stereocenters. The molecule has 1 fully saturated rings. The Balaban J connectivity index is 1.57. The molecule has 0 spiro atoms. The third-order valence-electron chi connectivity index (χ3n) is 6.72. The molecule has 6 heteroatoms. The van der Waals surface area contributed by atoms with Crippen LogP contribution in [0.25, 0.3) is 21.2 Å². The molecule has 2 aromatic carbocycles. The summed E-state index contributed by atoms with van der Waals surface area (Å²) in [7, 11) is 0. The van der Waals surface area contributed by atoms with Crippen LogP contribution >= 0.6 is 11.3 Å². The molecule has 5 rings (SSSR count). The Bertz CT molecular complexity index is 1130. The van der Waals surface area contributed by atoms with Gasteiger partial charge in [-0.2, -0.15) is 0 Å². The van der Waals surface area contributed by atoms with Crippen molar-refractivity contribution in [2.24, 2.45) is 5.92 Å². The van der Waals surface area contributed by atoms with E-state index in [1.807, 2.05) is 4.90 Å². The van der Waals surface area contributed by atoms with Crippen molar-refractivity contribution in [3.63, 3.8) is 0 Å². The van der Waals surface area contributed by atoms with Crippen LogP contribution in [0.4, 0.5) is 0 Å². The Morgan fingerprint density at radius 1 is 1.21 bits per heavy atom. The number of hydrogen-bond acceptors (Lipinski definition) is 5. The van der Waals surface area contributed by atoms with E-state index in [-0.39, 0.29) is 17.9 Å². The highest BCUT2D eigenvalue weighted by molar-refractivity contribution is 7.17. The van der Waals surface area contributed by atoms with Gasteiger partial charge in [-0.15, -0.1) is 11.3 Å². The minimum Gasteiger partial charge on any atom is -0.487 e. The van der Waals surface area contributed by atoms with Crippen molar-refractivity contribution in [1.29, 1.82) is 0 Å². The number of benzene rings is 2. The monoisotopic (exact) mass is 465 g/mol. The average Bonchev–Trinajstić information content (AvgIpc) is 3.45. The van der Waals surface area contributed by atoms with Crippen molar-refractivity contribution in [1.82, 2.24) is 4.90 Å². The van der Waals surface area contributed by atoms with Crippen molar-refractivity contribution in [2.45, 2.75) is 45.8 Å². The van der Waals surface area contributed by atoms with Crippen LogP contribution in [0.15, 0.2) is 41.8 Å². The molecule has 0 radical (unpaired) electrons. The second kappa shape index (κ2) is 9.74. The third-order valence-corrected chi connectivity index (χ3v) is 7.68. The molecule has 1 atom stereocenters. The van der Waals surface area contributed by atoms with E-state index in [1.165, 1.54) is 15.6 Å². The lowest BCUT2D eigenvalue weighted by Crippen LogP contribution is -2.36. The number of hydrogen-bond donors (Lipinski definition) is 0. The second-order valence-corrected chi connectivity index (χ2v) is 9.74. The first-order valence-corrected chi connectivity index (χ1v) is 12.8. The highest BCUT2D eigenvalue weighted by atomic mass is 32.1. The van der Waals surface area contributed by atoms with Gasteiger partial charge in [0.25, 0.3) is 0 Å². The van der Waals surface area contributed by atoms with Crippen molar-refractivity contribution in [3.8, 4) is 22.6 Å². The average molecular weight is 466 g/mol. The van der Waals surface area contributed by atoms with Gasteiger partial charge in [-0.1, -0.05) is 32.0 Å². The van der Waals surface area contributed by atoms with Crippen LogP contribution in [0, 0.1) is 5.92 Å². The molecular weight excluding hydrogens is 434 g/mol. The first-order valence-electron chi connectivity index (χ1n) is 12.0. The lowest BCUT2D eigenvalue weighted by molar-refractivity contribution is -0.136. The minimum absolute atomic E-state index is 0.0257. The van der Waals surface area contributed by atoms with E-state index in [1.54, 1.807) is 11.3 Å². The van der Waals surface area contributed by atoms with Crippen LogP contribution in [0.2, 0.25) is 0 Å². The summed E-state index contributed by atoms with van der Waals surface area (Å²) < 4.78 is 19.4. The lowest BCUT2D eigenvalue weighted by atomic mass is 9.99. The molecule has 0 saturated carbocycles. The van der Waals surface area contributed by atoms with Gasteiger partial charge in [0.2, 0.25) is 5.91 Å². The molecule has 2 aliphatic heterocycles. The summed E-state index contributed by atoms with van der Waals surface area (Å²) in [4.78, 5) is 15.2. The Labute approximate surface area is 199 Å². The van der Waals surface area contributed by atoms with Crippen molar-refractivity contribution >= 4 is 27.3 Å². The van der Waals surface area contributed by atoms with Gasteiger partial charge in [0, 0.05) is 40.1 Å². The maximum absolute atomic E-state index is 13.2. The van der Waals surface area contributed by atoms with E-state index in [0.29, 0.717) is 26.3 Å². The Hall–Kier alpha value is -2.57. The first-order chi connectivity index (χ1) is 16.2. The number of amides is 1. The number of nitrogens with zero attached hydrogens (tertiary/aromatic N) is 1. The van der Waals surface area contributed by atoms with Crippen LogP contribution in [0.3, 0.4) is 0 Å². The molecule has 0 aliphatic carbocycles. The largest absolute Gasteiger partial charge is 0.487 e. The van der Waals surface area contributed by atoms with E-state index in [9.17, 15) is 4.79 Å². The topological polar surface area (TPSA) is 48.0 Å². The standard InChI is InChI=1S/C27H31NO4S/c1-3-18(4-2)27(29)28-10-12-31-26-20(15-28)13-19(14-24(26)32-21-9-11-30-16-21)23-17-33-25-8-6-5-7-22(23)25/h5-8,13-14,17-18,21H,3-4,9-12,15-16H2,1-2H3. The number of rotatable bonds is 6. The number of fused-ring (bicyclic) bond motifs is 2. The molecule has 1 saturated heterocycles. The van der Waals surface area contributed by atoms with Crippen LogP contribution in [0.5, 0.6) is 11.5 Å². The zero-order chi connectivity index (χ0) is 22.8. The van der Waals surface area contributed by atoms with Crippen LogP contribution in [-0.2, 0) is 16.1 Å². The second-order valence-electron chi connectivity index (χ2n) is 8.83. The highest BCUT2D eigenvalue weighted by Gasteiger charge is 2.28. The number of carbonyl (C=O) groups excluding carboxylic acids is 1. The molecule has 3 aromatic rings. The highest BCUT2D eigenvalue weighted by Crippen LogP contribution is 2.42. The molecule has 174 valence electrons. The fourth-order valence-electron chi connectivity index (χ4n) is 4.80. The van der Waals surface area contributed by atoms with Gasteiger partial charge >= 0.3 is 0 Å². The fraction of sp³-hybridized carbons (Fsp3) is 0.444. The zero-order valence-corrected chi connectivity index (χ0v) is 20.2. The predicted octanol–water partition coefficient (Wildman–Crippen LogP) is 5.89. The van der Waals surface area contributed by atoms with E-state index in [4.69, 9.17) is 14.2 Å². The summed E-state index contributed by atoms with van der Waals surface area (Å²) in [6.45, 7) is 7.09. The van der Waals surface area contributed by atoms with E-state index in [0.717, 1.165) is 48.5 Å². The smallest absolute Gasteiger partial charge is 0.226 e. The molecule has 1 amide bonds. The molecule has 0 bridgehead atoms. The minimum atomic E-state index is 0.0257. The maximum atomic E-state index is 13.2. The molecule has 0 N–H and O–H groups in total. The Morgan fingerprint density at radius 3 is 2.85 bits per heavy atom. The van der Waals surface area contributed by atoms with Gasteiger partial charge in [0.15, 0.2) is 11.5 Å². The number of thiophene rings is 1. The maximum Gasteiger partial charge on any atom is 0.226 e. The van der Waals surface area contributed by atoms with Crippen LogP contribution in [-0.4, -0.2) is 43.3 Å². The molecular formula is C27H31NO4S. The summed E-state index contributed by atoms with van der Waals surface area (Å²) in [6, 6.07) is 12.7. The van der Waals surface area contributed by atoms with E-state index >= 15 is 0 Å². The molecule has 3 heterocycles. The summed E-state index contributed by atoms with van der Waals surface area (Å²) in [6.07, 6.45) is 2.62.